The summed E-state index contributed by atoms with van der Waals surface area (Å²) in [5.74, 6) is 0. The van der Waals surface area contributed by atoms with Gasteiger partial charge in [-0.25, -0.2) is 4.79 Å². The molecule has 0 aromatic rings. The molecule has 3 heteroatoms. The summed E-state index contributed by atoms with van der Waals surface area (Å²) in [4.78, 5) is 12.8. The van der Waals surface area contributed by atoms with E-state index in [-0.39, 0.29) is 12.2 Å². The first-order chi connectivity index (χ1) is 6.07. The van der Waals surface area contributed by atoms with Gasteiger partial charge in [0.1, 0.15) is 0 Å². The van der Waals surface area contributed by atoms with Crippen molar-refractivity contribution in [3.63, 3.8) is 0 Å². The van der Waals surface area contributed by atoms with Gasteiger partial charge in [0.2, 0.25) is 0 Å². The van der Waals surface area contributed by atoms with Crippen LogP contribution < -0.4 is 0 Å². The van der Waals surface area contributed by atoms with Crippen molar-refractivity contribution in [2.24, 2.45) is 0 Å². The van der Waals surface area contributed by atoms with Crippen LogP contribution in [0.15, 0.2) is 12.7 Å². The van der Waals surface area contributed by atoms with Gasteiger partial charge < -0.3 is 9.64 Å². The van der Waals surface area contributed by atoms with Gasteiger partial charge in [-0.15, -0.1) is 6.58 Å². The van der Waals surface area contributed by atoms with Crippen LogP contribution in [0.5, 0.6) is 0 Å². The lowest BCUT2D eigenvalue weighted by molar-refractivity contribution is 0.0839. The highest BCUT2D eigenvalue weighted by Gasteiger charge is 2.10. The van der Waals surface area contributed by atoms with Gasteiger partial charge in [-0.3, -0.25) is 0 Å². The third-order valence-corrected chi connectivity index (χ3v) is 1.55. The number of carbonyl (C=O) groups is 1. The van der Waals surface area contributed by atoms with Crippen LogP contribution in [-0.2, 0) is 4.74 Å². The van der Waals surface area contributed by atoms with Crippen LogP contribution >= 0.6 is 0 Å². The summed E-state index contributed by atoms with van der Waals surface area (Å²) in [7, 11) is 1.74. The zero-order chi connectivity index (χ0) is 10.3. The fraction of sp³-hybridized carbons (Fsp3) is 0.700. The van der Waals surface area contributed by atoms with Crippen molar-refractivity contribution in [2.75, 3.05) is 13.6 Å². The molecule has 1 amide bonds. The van der Waals surface area contributed by atoms with E-state index in [0.29, 0.717) is 0 Å². The average Bonchev–Trinajstić information content (AvgIpc) is 2.03. The zero-order valence-corrected chi connectivity index (χ0v) is 8.75. The topological polar surface area (TPSA) is 29.5 Å². The van der Waals surface area contributed by atoms with E-state index < -0.39 is 0 Å². The number of hydrogen-bond acceptors (Lipinski definition) is 2. The van der Waals surface area contributed by atoms with Crippen LogP contribution in [0.1, 0.15) is 26.7 Å². The molecule has 0 N–H and O–H groups in total. The molecule has 3 nitrogen and oxygen atoms in total. The molecule has 0 aliphatic carbocycles. The smallest absolute Gasteiger partial charge is 0.409 e. The second-order valence-electron chi connectivity index (χ2n) is 3.28. The highest BCUT2D eigenvalue weighted by atomic mass is 16.6. The maximum absolute atomic E-state index is 11.2. The minimum atomic E-state index is -0.251. The number of unbranched alkanes of at least 4 members (excludes halogenated alkanes) is 1. The molecule has 0 spiro atoms. The maximum Gasteiger partial charge on any atom is 0.409 e. The summed E-state index contributed by atoms with van der Waals surface area (Å²) in [5, 5.41) is 0. The summed E-state index contributed by atoms with van der Waals surface area (Å²) in [6.07, 6.45) is 3.42. The highest BCUT2D eigenvalue weighted by Crippen LogP contribution is 1.98. The van der Waals surface area contributed by atoms with Crippen LogP contribution in [0.4, 0.5) is 4.79 Å². The van der Waals surface area contributed by atoms with E-state index in [4.69, 9.17) is 4.74 Å². The van der Waals surface area contributed by atoms with Gasteiger partial charge in [0, 0.05) is 13.6 Å². The molecule has 0 aromatic heterocycles. The normalized spacial score (nSPS) is 9.85. The first-order valence-electron chi connectivity index (χ1n) is 4.60. The zero-order valence-electron chi connectivity index (χ0n) is 8.75. The maximum atomic E-state index is 11.2. The predicted octanol–water partition coefficient (Wildman–Crippen LogP) is 2.43. The van der Waals surface area contributed by atoms with Gasteiger partial charge >= 0.3 is 6.09 Å². The first-order valence-corrected chi connectivity index (χ1v) is 4.60. The van der Waals surface area contributed by atoms with Crippen molar-refractivity contribution in [1.82, 2.24) is 4.90 Å². The Morgan fingerprint density at radius 2 is 2.23 bits per heavy atom. The Labute approximate surface area is 80.4 Å². The monoisotopic (exact) mass is 185 g/mol. The summed E-state index contributed by atoms with van der Waals surface area (Å²) >= 11 is 0. The highest BCUT2D eigenvalue weighted by molar-refractivity contribution is 5.67. The first kappa shape index (κ1) is 12.0. The fourth-order valence-corrected chi connectivity index (χ4v) is 0.856. The minimum Gasteiger partial charge on any atom is -0.447 e. The summed E-state index contributed by atoms with van der Waals surface area (Å²) in [6, 6.07) is 0. The van der Waals surface area contributed by atoms with Gasteiger partial charge in [-0.2, -0.15) is 0 Å². The van der Waals surface area contributed by atoms with E-state index in [2.05, 4.69) is 6.58 Å². The molecule has 76 valence electrons. The van der Waals surface area contributed by atoms with Crippen molar-refractivity contribution in [3.8, 4) is 0 Å². The number of ether oxygens (including phenoxy) is 1. The molecule has 0 rings (SSSR count). The number of carbonyl (C=O) groups excluding carboxylic acids is 1. The Bertz CT molecular complexity index is 166. The Kier molecular flexibility index (Phi) is 6.02. The molecule has 0 aliphatic heterocycles. The summed E-state index contributed by atoms with van der Waals surface area (Å²) < 4.78 is 5.00. The van der Waals surface area contributed by atoms with Gasteiger partial charge in [-0.05, 0) is 26.7 Å². The number of allylic oxidation sites excluding steroid dienone is 1. The van der Waals surface area contributed by atoms with Crippen molar-refractivity contribution in [3.05, 3.63) is 12.7 Å². The molecule has 0 atom stereocenters. The van der Waals surface area contributed by atoms with Crippen molar-refractivity contribution in [2.45, 2.75) is 32.8 Å². The van der Waals surface area contributed by atoms with E-state index in [1.807, 2.05) is 19.9 Å². The van der Waals surface area contributed by atoms with Gasteiger partial charge in [-0.1, -0.05) is 6.08 Å². The Morgan fingerprint density at radius 1 is 1.62 bits per heavy atom. The van der Waals surface area contributed by atoms with Gasteiger partial charge in [0.15, 0.2) is 0 Å². The number of rotatable bonds is 5. The fourth-order valence-electron chi connectivity index (χ4n) is 0.856. The molecule has 0 radical (unpaired) electrons. The third-order valence-electron chi connectivity index (χ3n) is 1.55. The molecule has 0 aliphatic rings. The molecule has 0 saturated heterocycles. The molecule has 0 aromatic carbocycles. The van der Waals surface area contributed by atoms with Crippen LogP contribution in [0.25, 0.3) is 0 Å². The number of amides is 1. The van der Waals surface area contributed by atoms with E-state index in [9.17, 15) is 4.79 Å². The van der Waals surface area contributed by atoms with Gasteiger partial charge in [0.05, 0.1) is 6.10 Å². The Balaban J connectivity index is 3.62. The molecular weight excluding hydrogens is 166 g/mol. The summed E-state index contributed by atoms with van der Waals surface area (Å²) in [6.45, 7) is 8.02. The molecule has 0 fully saturated rings. The van der Waals surface area contributed by atoms with E-state index in [0.717, 1.165) is 19.4 Å². The molecule has 0 saturated carbocycles. The largest absolute Gasteiger partial charge is 0.447 e. The van der Waals surface area contributed by atoms with E-state index in [1.165, 1.54) is 0 Å². The molecule has 13 heavy (non-hydrogen) atoms. The SMILES string of the molecule is C=CCCCN(C)C(=O)OC(C)C. The molecular formula is C10H19NO2. The number of nitrogens with zero attached hydrogens (tertiary/aromatic N) is 1. The Morgan fingerprint density at radius 3 is 2.69 bits per heavy atom. The quantitative estimate of drug-likeness (QED) is 0.486. The molecule has 0 bridgehead atoms. The second kappa shape index (κ2) is 6.52. The number of hydrogen-bond donors (Lipinski definition) is 0. The van der Waals surface area contributed by atoms with Crippen LogP contribution in [0, 0.1) is 0 Å². The van der Waals surface area contributed by atoms with Crippen LogP contribution in [0.3, 0.4) is 0 Å². The second-order valence-corrected chi connectivity index (χ2v) is 3.28. The molecule has 0 heterocycles. The molecule has 0 unspecified atom stereocenters. The van der Waals surface area contributed by atoms with Gasteiger partial charge in [0.25, 0.3) is 0 Å². The standard InChI is InChI=1S/C10H19NO2/c1-5-6-7-8-11(4)10(12)13-9(2)3/h5,9H,1,6-8H2,2-4H3. The lowest BCUT2D eigenvalue weighted by Gasteiger charge is -2.18. The van der Waals surface area contributed by atoms with E-state index >= 15 is 0 Å². The third kappa shape index (κ3) is 6.20. The lowest BCUT2D eigenvalue weighted by Crippen LogP contribution is -2.30. The van der Waals surface area contributed by atoms with E-state index in [1.54, 1.807) is 11.9 Å². The predicted molar refractivity (Wildman–Crippen MR) is 53.7 cm³/mol. The van der Waals surface area contributed by atoms with Crippen molar-refractivity contribution < 1.29 is 9.53 Å². The van der Waals surface area contributed by atoms with Crippen LogP contribution in [-0.4, -0.2) is 30.7 Å². The minimum absolute atomic E-state index is 0.0469. The Hall–Kier alpha value is -0.990. The van der Waals surface area contributed by atoms with Crippen molar-refractivity contribution in [1.29, 1.82) is 0 Å². The average molecular weight is 185 g/mol. The lowest BCUT2D eigenvalue weighted by atomic mass is 10.3. The van der Waals surface area contributed by atoms with Crippen molar-refractivity contribution >= 4 is 6.09 Å². The summed E-state index contributed by atoms with van der Waals surface area (Å²) in [5.41, 5.74) is 0. The van der Waals surface area contributed by atoms with Crippen LogP contribution in [0.2, 0.25) is 0 Å².